The van der Waals surface area contributed by atoms with Gasteiger partial charge in [0.2, 0.25) is 0 Å². The number of amides is 1. The number of rotatable bonds is 8. The summed E-state index contributed by atoms with van der Waals surface area (Å²) in [6.07, 6.45) is 1.52. The Morgan fingerprint density at radius 3 is 2.47 bits per heavy atom. The number of hydrogen-bond acceptors (Lipinski definition) is 4. The normalized spacial score (nSPS) is 11.0. The predicted octanol–water partition coefficient (Wildman–Crippen LogP) is 7.24. The molecule has 0 radical (unpaired) electrons. The van der Waals surface area contributed by atoms with Crippen molar-refractivity contribution in [3.05, 3.63) is 91.9 Å². The molecule has 1 amide bonds. The number of ether oxygens (including phenoxy) is 2. The molecule has 3 rings (SSSR count). The molecule has 5 nitrogen and oxygen atoms in total. The molecule has 0 aromatic heterocycles. The fourth-order valence-electron chi connectivity index (χ4n) is 3.14. The highest BCUT2D eigenvalue weighted by Crippen LogP contribution is 2.38. The molecule has 0 heterocycles. The van der Waals surface area contributed by atoms with Crippen LogP contribution in [0.15, 0.2) is 64.6 Å². The number of aryl methyl sites for hydroxylation is 2. The Hall–Kier alpha value is -3.27. The molecule has 1 N–H and O–H groups in total. The lowest BCUT2D eigenvalue weighted by molar-refractivity contribution is -0.112. The van der Waals surface area contributed by atoms with Crippen LogP contribution in [0.3, 0.4) is 0 Å². The van der Waals surface area contributed by atoms with Crippen LogP contribution in [0.2, 0.25) is 5.02 Å². The van der Waals surface area contributed by atoms with E-state index in [-0.39, 0.29) is 5.57 Å². The number of nitrogens with one attached hydrogen (secondary N) is 1. The smallest absolute Gasteiger partial charge is 0.266 e. The third-order valence-electron chi connectivity index (χ3n) is 5.07. The number of hydrogen-bond donors (Lipinski definition) is 1. The van der Waals surface area contributed by atoms with Gasteiger partial charge in [-0.25, -0.2) is 0 Å². The van der Waals surface area contributed by atoms with E-state index in [0.29, 0.717) is 45.5 Å². The van der Waals surface area contributed by atoms with Crippen LogP contribution in [0.1, 0.15) is 29.2 Å². The van der Waals surface area contributed by atoms with Crippen LogP contribution in [0.5, 0.6) is 11.5 Å². The van der Waals surface area contributed by atoms with Crippen molar-refractivity contribution in [2.75, 3.05) is 11.9 Å². The molecule has 7 heteroatoms. The summed E-state index contributed by atoms with van der Waals surface area (Å²) in [6, 6.07) is 18.5. The van der Waals surface area contributed by atoms with Gasteiger partial charge in [-0.1, -0.05) is 29.8 Å². The third-order valence-corrected chi connectivity index (χ3v) is 5.91. The van der Waals surface area contributed by atoms with Gasteiger partial charge in [-0.2, -0.15) is 5.26 Å². The van der Waals surface area contributed by atoms with Gasteiger partial charge in [-0.3, -0.25) is 4.79 Å². The summed E-state index contributed by atoms with van der Waals surface area (Å²) < 4.78 is 12.4. The van der Waals surface area contributed by atoms with E-state index in [1.807, 2.05) is 57.2 Å². The largest absolute Gasteiger partial charge is 0.490 e. The zero-order chi connectivity index (χ0) is 24.7. The van der Waals surface area contributed by atoms with Crippen molar-refractivity contribution in [1.82, 2.24) is 0 Å². The molecule has 0 saturated carbocycles. The molecule has 174 valence electrons. The van der Waals surface area contributed by atoms with Crippen molar-refractivity contribution in [2.24, 2.45) is 0 Å². The van der Waals surface area contributed by atoms with Gasteiger partial charge in [-0.05, 0) is 101 Å². The zero-order valence-corrected chi connectivity index (χ0v) is 21.5. The van der Waals surface area contributed by atoms with Crippen molar-refractivity contribution in [3.63, 3.8) is 0 Å². The summed E-state index contributed by atoms with van der Waals surface area (Å²) in [5.74, 6) is 0.555. The van der Waals surface area contributed by atoms with Gasteiger partial charge in [0.05, 0.1) is 11.1 Å². The second-order valence-electron chi connectivity index (χ2n) is 7.60. The fourth-order valence-corrected chi connectivity index (χ4v) is 3.84. The SMILES string of the molecule is CCOc1cc(/C=C(\C#N)C(=O)Nc2ccc(C)c(C)c2)cc(Br)c1OCc1ccc(Cl)cc1. The fraction of sp³-hybridized carbons (Fsp3) is 0.185. The predicted molar refractivity (Wildman–Crippen MR) is 139 cm³/mol. The van der Waals surface area contributed by atoms with E-state index in [1.165, 1.54) is 6.08 Å². The molecule has 0 fully saturated rings. The lowest BCUT2D eigenvalue weighted by Gasteiger charge is -2.15. The summed E-state index contributed by atoms with van der Waals surface area (Å²) in [4.78, 5) is 12.7. The number of carbonyl (C=O) groups excluding carboxylic acids is 1. The highest BCUT2D eigenvalue weighted by molar-refractivity contribution is 9.10. The number of carbonyl (C=O) groups is 1. The zero-order valence-electron chi connectivity index (χ0n) is 19.1. The molecular formula is C27H24BrClN2O3. The minimum absolute atomic E-state index is 0.0255. The number of anilines is 1. The molecule has 3 aromatic rings. The monoisotopic (exact) mass is 538 g/mol. The summed E-state index contributed by atoms with van der Waals surface area (Å²) in [6.45, 7) is 6.59. The van der Waals surface area contributed by atoms with Crippen molar-refractivity contribution in [1.29, 1.82) is 5.26 Å². The first-order valence-electron chi connectivity index (χ1n) is 10.6. The first-order chi connectivity index (χ1) is 16.3. The van der Waals surface area contributed by atoms with Gasteiger partial charge >= 0.3 is 0 Å². The Morgan fingerprint density at radius 1 is 1.09 bits per heavy atom. The quantitative estimate of drug-likeness (QED) is 0.242. The molecule has 0 aliphatic rings. The van der Waals surface area contributed by atoms with Gasteiger partial charge in [0, 0.05) is 10.7 Å². The van der Waals surface area contributed by atoms with E-state index in [1.54, 1.807) is 24.3 Å². The average Bonchev–Trinajstić information content (AvgIpc) is 2.80. The van der Waals surface area contributed by atoms with E-state index in [9.17, 15) is 10.1 Å². The van der Waals surface area contributed by atoms with Crippen LogP contribution in [0, 0.1) is 25.2 Å². The van der Waals surface area contributed by atoms with E-state index < -0.39 is 5.91 Å². The van der Waals surface area contributed by atoms with Crippen LogP contribution in [0.25, 0.3) is 6.08 Å². The number of nitrogens with zero attached hydrogens (tertiary/aromatic N) is 1. The van der Waals surface area contributed by atoms with E-state index in [2.05, 4.69) is 21.2 Å². The average molecular weight is 540 g/mol. The Bertz CT molecular complexity index is 1260. The Labute approximate surface area is 213 Å². The van der Waals surface area contributed by atoms with Gasteiger partial charge in [0.15, 0.2) is 11.5 Å². The molecule has 34 heavy (non-hydrogen) atoms. The molecule has 0 unspecified atom stereocenters. The number of benzene rings is 3. The minimum atomic E-state index is -0.483. The van der Waals surface area contributed by atoms with Gasteiger partial charge in [0.1, 0.15) is 18.2 Å². The minimum Gasteiger partial charge on any atom is -0.490 e. The third kappa shape index (κ3) is 6.63. The van der Waals surface area contributed by atoms with Gasteiger partial charge in [0.25, 0.3) is 5.91 Å². The molecule has 0 aliphatic carbocycles. The van der Waals surface area contributed by atoms with Gasteiger partial charge < -0.3 is 14.8 Å². The Kier molecular flexibility index (Phi) is 8.75. The van der Waals surface area contributed by atoms with Crippen molar-refractivity contribution in [3.8, 4) is 17.6 Å². The molecule has 0 saturated heterocycles. The molecule has 0 aliphatic heterocycles. The summed E-state index contributed by atoms with van der Waals surface area (Å²) >= 11 is 9.48. The summed E-state index contributed by atoms with van der Waals surface area (Å²) in [5, 5.41) is 13.0. The molecule has 3 aromatic carbocycles. The highest BCUT2D eigenvalue weighted by Gasteiger charge is 2.15. The lowest BCUT2D eigenvalue weighted by atomic mass is 10.1. The molecule has 0 spiro atoms. The van der Waals surface area contributed by atoms with Crippen molar-refractivity contribution >= 4 is 45.2 Å². The highest BCUT2D eigenvalue weighted by atomic mass is 79.9. The summed E-state index contributed by atoms with van der Waals surface area (Å²) in [7, 11) is 0. The van der Waals surface area contributed by atoms with Crippen LogP contribution < -0.4 is 14.8 Å². The van der Waals surface area contributed by atoms with Crippen molar-refractivity contribution < 1.29 is 14.3 Å². The Morgan fingerprint density at radius 2 is 1.82 bits per heavy atom. The lowest BCUT2D eigenvalue weighted by Crippen LogP contribution is -2.13. The Balaban J connectivity index is 1.84. The number of halogens is 2. The van der Waals surface area contributed by atoms with E-state index in [4.69, 9.17) is 21.1 Å². The maximum Gasteiger partial charge on any atom is 0.266 e. The second kappa shape index (κ2) is 11.7. The first kappa shape index (κ1) is 25.4. The van der Waals surface area contributed by atoms with Crippen molar-refractivity contribution in [2.45, 2.75) is 27.4 Å². The topological polar surface area (TPSA) is 71.3 Å². The van der Waals surface area contributed by atoms with E-state index >= 15 is 0 Å². The van der Waals surface area contributed by atoms with Crippen LogP contribution >= 0.6 is 27.5 Å². The summed E-state index contributed by atoms with van der Waals surface area (Å²) in [5.41, 5.74) is 4.37. The molecular weight excluding hydrogens is 516 g/mol. The standard InChI is InChI=1S/C27H24BrClN2O3/c1-4-33-25-14-20(13-24(28)26(25)34-16-19-6-8-22(29)9-7-19)12-21(15-30)27(32)31-23-10-5-17(2)18(3)11-23/h5-14H,4,16H2,1-3H3,(H,31,32)/b21-12+. The maximum absolute atomic E-state index is 12.7. The van der Waals surface area contributed by atoms with E-state index in [0.717, 1.165) is 16.7 Å². The maximum atomic E-state index is 12.7. The van der Waals surface area contributed by atoms with Crippen LogP contribution in [-0.4, -0.2) is 12.5 Å². The van der Waals surface area contributed by atoms with Crippen LogP contribution in [0.4, 0.5) is 5.69 Å². The second-order valence-corrected chi connectivity index (χ2v) is 8.89. The van der Waals surface area contributed by atoms with Crippen LogP contribution in [-0.2, 0) is 11.4 Å². The number of nitriles is 1. The molecule has 0 atom stereocenters. The first-order valence-corrected chi connectivity index (χ1v) is 11.8. The van der Waals surface area contributed by atoms with Gasteiger partial charge in [-0.15, -0.1) is 0 Å². The molecule has 0 bridgehead atoms.